The normalized spacial score (nSPS) is 35.7. The van der Waals surface area contributed by atoms with Crippen LogP contribution < -0.4 is 0 Å². The third kappa shape index (κ3) is 1.25. The largest absolute Gasteiger partial charge is 0.392 e. The van der Waals surface area contributed by atoms with E-state index in [1.807, 2.05) is 0 Å². The van der Waals surface area contributed by atoms with Gasteiger partial charge in [-0.1, -0.05) is 32.1 Å². The van der Waals surface area contributed by atoms with Crippen LogP contribution in [0.5, 0.6) is 0 Å². The summed E-state index contributed by atoms with van der Waals surface area (Å²) in [6.07, 6.45) is 2.40. The lowest BCUT2D eigenvalue weighted by molar-refractivity contribution is 0.0605. The molecule has 1 fully saturated rings. The first-order valence-electron chi connectivity index (χ1n) is 3.97. The van der Waals surface area contributed by atoms with E-state index in [1.165, 1.54) is 0 Å². The van der Waals surface area contributed by atoms with Crippen LogP contribution in [0.2, 0.25) is 0 Å². The lowest BCUT2D eigenvalue weighted by Crippen LogP contribution is -2.26. The van der Waals surface area contributed by atoms with Crippen molar-refractivity contribution in [3.05, 3.63) is 24.8 Å². The number of rotatable bonds is 1. The molecule has 0 spiro atoms. The third-order valence-electron chi connectivity index (χ3n) is 2.55. The fourth-order valence-electron chi connectivity index (χ4n) is 1.81. The summed E-state index contributed by atoms with van der Waals surface area (Å²) in [5.74, 6) is 0.102. The molecule has 1 saturated carbocycles. The molecule has 1 rings (SSSR count). The first kappa shape index (κ1) is 8.54. The summed E-state index contributed by atoms with van der Waals surface area (Å²) in [6, 6.07) is 0. The highest BCUT2D eigenvalue weighted by molar-refractivity contribution is 5.20. The van der Waals surface area contributed by atoms with E-state index in [0.717, 1.165) is 12.0 Å². The van der Waals surface area contributed by atoms with Crippen LogP contribution in [0.15, 0.2) is 24.8 Å². The van der Waals surface area contributed by atoms with Crippen molar-refractivity contribution < 1.29 is 5.11 Å². The number of hydrogen-bond acceptors (Lipinski definition) is 1. The molecular weight excluding hydrogens is 136 g/mol. The Kier molecular flexibility index (Phi) is 1.93. The van der Waals surface area contributed by atoms with Crippen LogP contribution in [0.4, 0.5) is 0 Å². The van der Waals surface area contributed by atoms with Crippen LogP contribution in [0.3, 0.4) is 0 Å². The Bertz CT molecular complexity index is 191. The quantitative estimate of drug-likeness (QED) is 0.571. The van der Waals surface area contributed by atoms with E-state index in [1.54, 1.807) is 6.08 Å². The predicted molar refractivity (Wildman–Crippen MR) is 47.2 cm³/mol. The zero-order chi connectivity index (χ0) is 8.65. The minimum Gasteiger partial charge on any atom is -0.392 e. The van der Waals surface area contributed by atoms with Crippen LogP contribution >= 0.6 is 0 Å². The molecule has 2 atom stereocenters. The Hall–Kier alpha value is -0.560. The number of aliphatic hydroxyl groups is 1. The van der Waals surface area contributed by atoms with E-state index < -0.39 is 0 Å². The van der Waals surface area contributed by atoms with Gasteiger partial charge >= 0.3 is 0 Å². The zero-order valence-corrected chi connectivity index (χ0v) is 7.30. The maximum absolute atomic E-state index is 9.76. The monoisotopic (exact) mass is 152 g/mol. The van der Waals surface area contributed by atoms with Gasteiger partial charge in [-0.15, -0.1) is 6.58 Å². The molecule has 0 radical (unpaired) electrons. The summed E-state index contributed by atoms with van der Waals surface area (Å²) in [7, 11) is 0. The Morgan fingerprint density at radius 3 is 2.36 bits per heavy atom. The Balaban J connectivity index is 2.87. The third-order valence-corrected chi connectivity index (χ3v) is 2.55. The minimum atomic E-state index is -0.299. The standard InChI is InChI=1S/C10H16O/c1-5-8-7(2)6-10(3,4)9(8)11/h5,8-9,11H,1-2,6H2,3-4H3. The van der Waals surface area contributed by atoms with Crippen molar-refractivity contribution in [3.8, 4) is 0 Å². The molecular formula is C10H16O. The van der Waals surface area contributed by atoms with E-state index >= 15 is 0 Å². The van der Waals surface area contributed by atoms with Gasteiger partial charge in [0.25, 0.3) is 0 Å². The Morgan fingerprint density at radius 1 is 1.64 bits per heavy atom. The predicted octanol–water partition coefficient (Wildman–Crippen LogP) is 2.14. The molecule has 1 aliphatic carbocycles. The van der Waals surface area contributed by atoms with Crippen LogP contribution in [0.25, 0.3) is 0 Å². The lowest BCUT2D eigenvalue weighted by Gasteiger charge is -2.23. The van der Waals surface area contributed by atoms with Crippen molar-refractivity contribution in [1.82, 2.24) is 0 Å². The van der Waals surface area contributed by atoms with Gasteiger partial charge in [0.15, 0.2) is 0 Å². The Morgan fingerprint density at radius 2 is 2.18 bits per heavy atom. The van der Waals surface area contributed by atoms with Crippen LogP contribution in [0.1, 0.15) is 20.3 Å². The van der Waals surface area contributed by atoms with Crippen molar-refractivity contribution in [2.24, 2.45) is 11.3 Å². The molecule has 0 aromatic heterocycles. The molecule has 1 N–H and O–H groups in total. The highest BCUT2D eigenvalue weighted by Gasteiger charge is 2.41. The minimum absolute atomic E-state index is 0.0179. The van der Waals surface area contributed by atoms with Crippen molar-refractivity contribution in [1.29, 1.82) is 0 Å². The van der Waals surface area contributed by atoms with E-state index in [2.05, 4.69) is 27.0 Å². The summed E-state index contributed by atoms with van der Waals surface area (Å²) in [6.45, 7) is 11.7. The van der Waals surface area contributed by atoms with E-state index in [-0.39, 0.29) is 17.4 Å². The van der Waals surface area contributed by atoms with Crippen molar-refractivity contribution in [3.63, 3.8) is 0 Å². The van der Waals surface area contributed by atoms with Gasteiger partial charge in [-0.3, -0.25) is 0 Å². The average Bonchev–Trinajstić information content (AvgIpc) is 2.04. The highest BCUT2D eigenvalue weighted by Crippen LogP contribution is 2.44. The van der Waals surface area contributed by atoms with Gasteiger partial charge in [0, 0.05) is 5.92 Å². The zero-order valence-electron chi connectivity index (χ0n) is 7.30. The second kappa shape index (κ2) is 2.49. The molecule has 0 heterocycles. The van der Waals surface area contributed by atoms with Gasteiger partial charge in [0.2, 0.25) is 0 Å². The second-order valence-electron chi connectivity index (χ2n) is 4.03. The van der Waals surface area contributed by atoms with Crippen molar-refractivity contribution >= 4 is 0 Å². The van der Waals surface area contributed by atoms with E-state index in [0.29, 0.717) is 0 Å². The molecule has 1 heteroatoms. The lowest BCUT2D eigenvalue weighted by atomic mass is 9.87. The first-order valence-corrected chi connectivity index (χ1v) is 3.97. The van der Waals surface area contributed by atoms with Crippen molar-refractivity contribution in [2.75, 3.05) is 0 Å². The average molecular weight is 152 g/mol. The maximum Gasteiger partial charge on any atom is 0.0693 e. The second-order valence-corrected chi connectivity index (χ2v) is 4.03. The first-order chi connectivity index (χ1) is 4.99. The van der Waals surface area contributed by atoms with Crippen LogP contribution in [-0.2, 0) is 0 Å². The molecule has 0 saturated heterocycles. The molecule has 11 heavy (non-hydrogen) atoms. The summed E-state index contributed by atoms with van der Waals surface area (Å²) in [5, 5.41) is 9.76. The van der Waals surface area contributed by atoms with Crippen LogP contribution in [0, 0.1) is 11.3 Å². The van der Waals surface area contributed by atoms with E-state index in [4.69, 9.17) is 0 Å². The summed E-state index contributed by atoms with van der Waals surface area (Å²) < 4.78 is 0. The molecule has 0 aromatic carbocycles. The fourth-order valence-corrected chi connectivity index (χ4v) is 1.81. The SMILES string of the molecule is C=CC1C(=C)CC(C)(C)C1O. The number of hydrogen-bond donors (Lipinski definition) is 1. The van der Waals surface area contributed by atoms with Gasteiger partial charge in [0.05, 0.1) is 6.10 Å². The summed E-state index contributed by atoms with van der Waals surface area (Å²) >= 11 is 0. The van der Waals surface area contributed by atoms with E-state index in [9.17, 15) is 5.11 Å². The topological polar surface area (TPSA) is 20.2 Å². The summed E-state index contributed by atoms with van der Waals surface area (Å²) in [5.41, 5.74) is 1.09. The van der Waals surface area contributed by atoms with Gasteiger partial charge < -0.3 is 5.11 Å². The summed E-state index contributed by atoms with van der Waals surface area (Å²) in [4.78, 5) is 0. The molecule has 0 amide bonds. The van der Waals surface area contributed by atoms with Crippen LogP contribution in [-0.4, -0.2) is 11.2 Å². The molecule has 62 valence electrons. The highest BCUT2D eigenvalue weighted by atomic mass is 16.3. The van der Waals surface area contributed by atoms with Gasteiger partial charge in [-0.25, -0.2) is 0 Å². The molecule has 1 nitrogen and oxygen atoms in total. The molecule has 2 unspecified atom stereocenters. The molecule has 0 bridgehead atoms. The smallest absolute Gasteiger partial charge is 0.0693 e. The van der Waals surface area contributed by atoms with Gasteiger partial charge in [-0.2, -0.15) is 0 Å². The van der Waals surface area contributed by atoms with Gasteiger partial charge in [0.1, 0.15) is 0 Å². The molecule has 0 aliphatic heterocycles. The fraction of sp³-hybridized carbons (Fsp3) is 0.600. The maximum atomic E-state index is 9.76. The van der Waals surface area contributed by atoms with Gasteiger partial charge in [-0.05, 0) is 11.8 Å². The molecule has 1 aliphatic rings. The molecule has 0 aromatic rings. The van der Waals surface area contributed by atoms with Crippen molar-refractivity contribution in [2.45, 2.75) is 26.4 Å². The number of aliphatic hydroxyl groups excluding tert-OH is 1. The Labute approximate surface area is 68.4 Å².